The Bertz CT molecular complexity index is 1570. The highest BCUT2D eigenvalue weighted by atomic mass is 32.1. The third kappa shape index (κ3) is 3.95. The standard InChI is InChI=1S/C26H19FN2O3S2/c1-2-32-25(31)21-22(16-9-4-3-5-10-16)28-26-29(23(21)19-13-8-14-33-19)24(30)20(34-26)15-17-11-6-7-12-18(17)27/h3-15,23H,2H2,1H3/b20-15-. The first-order valence-electron chi connectivity index (χ1n) is 10.6. The van der Waals surface area contributed by atoms with Gasteiger partial charge in [0.25, 0.3) is 5.56 Å². The van der Waals surface area contributed by atoms with Gasteiger partial charge in [-0.25, -0.2) is 14.2 Å². The topological polar surface area (TPSA) is 60.7 Å². The third-order valence-electron chi connectivity index (χ3n) is 5.38. The van der Waals surface area contributed by atoms with Crippen LogP contribution in [0.3, 0.4) is 0 Å². The zero-order valence-corrected chi connectivity index (χ0v) is 19.7. The minimum Gasteiger partial charge on any atom is -0.463 e. The van der Waals surface area contributed by atoms with E-state index in [9.17, 15) is 14.0 Å². The Morgan fingerprint density at radius 3 is 2.59 bits per heavy atom. The molecule has 1 aliphatic rings. The maximum atomic E-state index is 14.3. The molecule has 1 aliphatic heterocycles. The average molecular weight is 491 g/mol. The molecule has 2 aromatic carbocycles. The van der Waals surface area contributed by atoms with Crippen LogP contribution in [0.4, 0.5) is 4.39 Å². The number of carbonyl (C=O) groups is 1. The number of ether oxygens (including phenoxy) is 1. The summed E-state index contributed by atoms with van der Waals surface area (Å²) in [6.45, 7) is 1.93. The van der Waals surface area contributed by atoms with Gasteiger partial charge in [-0.2, -0.15) is 0 Å². The Balaban J connectivity index is 1.83. The van der Waals surface area contributed by atoms with E-state index in [1.807, 2.05) is 47.8 Å². The number of thiazole rings is 1. The quantitative estimate of drug-likeness (QED) is 0.395. The summed E-state index contributed by atoms with van der Waals surface area (Å²) in [7, 11) is 0. The van der Waals surface area contributed by atoms with Crippen molar-refractivity contribution < 1.29 is 13.9 Å². The number of benzene rings is 2. The Morgan fingerprint density at radius 2 is 1.88 bits per heavy atom. The van der Waals surface area contributed by atoms with Crippen LogP contribution in [-0.2, 0) is 9.53 Å². The largest absolute Gasteiger partial charge is 0.463 e. The van der Waals surface area contributed by atoms with Gasteiger partial charge in [-0.15, -0.1) is 11.3 Å². The van der Waals surface area contributed by atoms with E-state index in [1.165, 1.54) is 39.4 Å². The molecule has 0 fully saturated rings. The van der Waals surface area contributed by atoms with Gasteiger partial charge < -0.3 is 4.74 Å². The monoisotopic (exact) mass is 490 g/mol. The van der Waals surface area contributed by atoms with Crippen molar-refractivity contribution in [3.05, 3.63) is 119 Å². The first kappa shape index (κ1) is 22.2. The molecule has 34 heavy (non-hydrogen) atoms. The van der Waals surface area contributed by atoms with Crippen molar-refractivity contribution in [2.45, 2.75) is 13.0 Å². The van der Waals surface area contributed by atoms with Crippen molar-refractivity contribution in [1.82, 2.24) is 4.57 Å². The van der Waals surface area contributed by atoms with Gasteiger partial charge in [0.1, 0.15) is 11.9 Å². The summed E-state index contributed by atoms with van der Waals surface area (Å²) < 4.78 is 21.6. The maximum absolute atomic E-state index is 14.3. The van der Waals surface area contributed by atoms with Crippen molar-refractivity contribution in [2.75, 3.05) is 6.61 Å². The Kier molecular flexibility index (Phi) is 6.08. The lowest BCUT2D eigenvalue weighted by Crippen LogP contribution is -2.39. The van der Waals surface area contributed by atoms with Gasteiger partial charge in [0, 0.05) is 16.0 Å². The van der Waals surface area contributed by atoms with E-state index in [1.54, 1.807) is 25.1 Å². The van der Waals surface area contributed by atoms with Crippen LogP contribution in [0.5, 0.6) is 0 Å². The van der Waals surface area contributed by atoms with E-state index in [4.69, 9.17) is 9.73 Å². The smallest absolute Gasteiger partial charge is 0.338 e. The molecule has 170 valence electrons. The van der Waals surface area contributed by atoms with E-state index >= 15 is 0 Å². The second-order valence-corrected chi connectivity index (χ2v) is 9.46. The van der Waals surface area contributed by atoms with Crippen molar-refractivity contribution in [3.8, 4) is 0 Å². The summed E-state index contributed by atoms with van der Waals surface area (Å²) in [5, 5.41) is 1.90. The van der Waals surface area contributed by atoms with E-state index in [-0.39, 0.29) is 12.2 Å². The summed E-state index contributed by atoms with van der Waals surface area (Å²) in [4.78, 5) is 32.8. The van der Waals surface area contributed by atoms with Gasteiger partial charge in [-0.1, -0.05) is 65.9 Å². The van der Waals surface area contributed by atoms with Crippen molar-refractivity contribution in [1.29, 1.82) is 0 Å². The van der Waals surface area contributed by atoms with Crippen LogP contribution in [0.25, 0.3) is 11.8 Å². The summed E-state index contributed by atoms with van der Waals surface area (Å²) in [5.74, 6) is -0.938. The van der Waals surface area contributed by atoms with Crippen LogP contribution in [-0.4, -0.2) is 17.1 Å². The second-order valence-electron chi connectivity index (χ2n) is 7.47. The van der Waals surface area contributed by atoms with Gasteiger partial charge in [-0.3, -0.25) is 9.36 Å². The molecule has 0 radical (unpaired) electrons. The molecule has 5 nitrogen and oxygen atoms in total. The van der Waals surface area contributed by atoms with E-state index < -0.39 is 17.8 Å². The van der Waals surface area contributed by atoms with Gasteiger partial charge in [-0.05, 0) is 30.5 Å². The highest BCUT2D eigenvalue weighted by molar-refractivity contribution is 7.10. The SMILES string of the molecule is CCOC(=O)C1=C(c2ccccc2)N=c2s/c(=C\c3ccccc3F)c(=O)n2C1c1cccs1. The summed E-state index contributed by atoms with van der Waals surface area (Å²) in [5.41, 5.74) is 1.50. The Hall–Kier alpha value is -3.62. The summed E-state index contributed by atoms with van der Waals surface area (Å²) >= 11 is 2.62. The van der Waals surface area contributed by atoms with Crippen LogP contribution >= 0.6 is 22.7 Å². The number of hydrogen-bond acceptors (Lipinski definition) is 6. The molecule has 5 rings (SSSR count). The van der Waals surface area contributed by atoms with E-state index in [0.29, 0.717) is 26.2 Å². The number of halogens is 1. The molecule has 8 heteroatoms. The van der Waals surface area contributed by atoms with Crippen LogP contribution in [0.15, 0.2) is 87.5 Å². The molecular weight excluding hydrogens is 471 g/mol. The normalized spacial score (nSPS) is 15.7. The minimum atomic E-state index is -0.701. The number of nitrogens with zero attached hydrogens (tertiary/aromatic N) is 2. The lowest BCUT2D eigenvalue weighted by atomic mass is 9.97. The third-order valence-corrected chi connectivity index (χ3v) is 7.29. The van der Waals surface area contributed by atoms with Crippen LogP contribution in [0.1, 0.15) is 29.0 Å². The molecule has 4 aromatic rings. The zero-order valence-electron chi connectivity index (χ0n) is 18.1. The molecular formula is C26H19FN2O3S2. The van der Waals surface area contributed by atoms with E-state index in [2.05, 4.69) is 0 Å². The first-order valence-corrected chi connectivity index (χ1v) is 12.3. The average Bonchev–Trinajstić information content (AvgIpc) is 3.49. The number of fused-ring (bicyclic) bond motifs is 1. The lowest BCUT2D eigenvalue weighted by Gasteiger charge is -2.24. The Morgan fingerprint density at radius 1 is 1.12 bits per heavy atom. The molecule has 0 aliphatic carbocycles. The van der Waals surface area contributed by atoms with Crippen LogP contribution in [0, 0.1) is 5.82 Å². The van der Waals surface area contributed by atoms with Gasteiger partial charge >= 0.3 is 5.97 Å². The second kappa shape index (κ2) is 9.32. The van der Waals surface area contributed by atoms with Gasteiger partial charge in [0.05, 0.1) is 22.4 Å². The summed E-state index contributed by atoms with van der Waals surface area (Å²) in [6.07, 6.45) is 1.53. The first-order chi connectivity index (χ1) is 16.6. The van der Waals surface area contributed by atoms with Crippen LogP contribution in [0.2, 0.25) is 0 Å². The molecule has 0 saturated carbocycles. The maximum Gasteiger partial charge on any atom is 0.338 e. The predicted octanol–water partition coefficient (Wildman–Crippen LogP) is 4.14. The fraction of sp³-hybridized carbons (Fsp3) is 0.115. The number of carbonyl (C=O) groups excluding carboxylic acids is 1. The predicted molar refractivity (Wildman–Crippen MR) is 132 cm³/mol. The fourth-order valence-electron chi connectivity index (χ4n) is 3.89. The highest BCUT2D eigenvalue weighted by Crippen LogP contribution is 2.36. The fourth-order valence-corrected chi connectivity index (χ4v) is 5.71. The highest BCUT2D eigenvalue weighted by Gasteiger charge is 2.35. The molecule has 0 bridgehead atoms. The summed E-state index contributed by atoms with van der Waals surface area (Å²) in [6, 6.07) is 18.7. The molecule has 1 unspecified atom stereocenters. The van der Waals surface area contributed by atoms with Crippen LogP contribution < -0.4 is 14.9 Å². The lowest BCUT2D eigenvalue weighted by molar-refractivity contribution is -0.138. The molecule has 0 saturated heterocycles. The minimum absolute atomic E-state index is 0.194. The molecule has 1 atom stereocenters. The molecule has 3 heterocycles. The zero-order chi connectivity index (χ0) is 23.7. The number of aromatic nitrogens is 1. The van der Waals surface area contributed by atoms with Gasteiger partial charge in [0.15, 0.2) is 4.80 Å². The van der Waals surface area contributed by atoms with Gasteiger partial charge in [0.2, 0.25) is 0 Å². The molecule has 0 N–H and O–H groups in total. The van der Waals surface area contributed by atoms with Crippen molar-refractivity contribution in [3.63, 3.8) is 0 Å². The number of hydrogen-bond donors (Lipinski definition) is 0. The molecule has 0 spiro atoms. The number of thiophene rings is 1. The molecule has 0 amide bonds. The van der Waals surface area contributed by atoms with Crippen molar-refractivity contribution >= 4 is 40.4 Å². The Labute approximate surface area is 202 Å². The van der Waals surface area contributed by atoms with E-state index in [0.717, 1.165) is 10.4 Å². The molecule has 2 aromatic heterocycles. The number of rotatable bonds is 5. The number of esters is 1. The van der Waals surface area contributed by atoms with Crippen molar-refractivity contribution in [2.24, 2.45) is 4.99 Å².